The van der Waals surface area contributed by atoms with Crippen LogP contribution in [0.4, 0.5) is 4.39 Å². The number of halogens is 2. The molecule has 0 bridgehead atoms. The van der Waals surface area contributed by atoms with E-state index in [1.165, 1.54) is 6.07 Å². The number of aliphatic hydroxyl groups is 1. The molecule has 0 unspecified atom stereocenters. The summed E-state index contributed by atoms with van der Waals surface area (Å²) in [7, 11) is 0. The second-order valence-electron chi connectivity index (χ2n) is 4.27. The maximum absolute atomic E-state index is 13.6. The minimum absolute atomic E-state index is 0.155. The van der Waals surface area contributed by atoms with Crippen molar-refractivity contribution in [3.63, 3.8) is 0 Å². The fourth-order valence-corrected chi connectivity index (χ4v) is 2.00. The van der Waals surface area contributed by atoms with Crippen LogP contribution in [0.15, 0.2) is 46.9 Å². The van der Waals surface area contributed by atoms with E-state index in [1.54, 1.807) is 37.3 Å². The Bertz CT molecular complexity index is 570. The third kappa shape index (κ3) is 3.78. The summed E-state index contributed by atoms with van der Waals surface area (Å²) in [6.45, 7) is 1.84. The van der Waals surface area contributed by atoms with Crippen LogP contribution in [0.25, 0.3) is 0 Å². The minimum Gasteiger partial charge on any atom is -0.489 e. The quantitative estimate of drug-likeness (QED) is 0.912. The van der Waals surface area contributed by atoms with Gasteiger partial charge in [0.25, 0.3) is 0 Å². The van der Waals surface area contributed by atoms with Gasteiger partial charge < -0.3 is 9.84 Å². The van der Waals surface area contributed by atoms with E-state index in [-0.39, 0.29) is 12.4 Å². The van der Waals surface area contributed by atoms with Crippen molar-refractivity contribution in [1.29, 1.82) is 0 Å². The number of benzene rings is 2. The van der Waals surface area contributed by atoms with Gasteiger partial charge in [-0.15, -0.1) is 0 Å². The molecular formula is C15H14BrFO2. The normalized spacial score (nSPS) is 12.2. The number of hydrogen-bond donors (Lipinski definition) is 1. The van der Waals surface area contributed by atoms with Crippen LogP contribution in [-0.4, -0.2) is 5.11 Å². The molecule has 0 aliphatic carbocycles. The second-order valence-corrected chi connectivity index (χ2v) is 5.19. The molecule has 2 nitrogen and oxygen atoms in total. The maximum atomic E-state index is 13.6. The molecule has 0 amide bonds. The summed E-state index contributed by atoms with van der Waals surface area (Å²) >= 11 is 3.21. The number of hydrogen-bond acceptors (Lipinski definition) is 2. The molecule has 1 atom stereocenters. The van der Waals surface area contributed by atoms with Gasteiger partial charge in [-0.05, 0) is 36.8 Å². The summed E-state index contributed by atoms with van der Waals surface area (Å²) < 4.78 is 19.8. The van der Waals surface area contributed by atoms with Gasteiger partial charge in [0.15, 0.2) is 0 Å². The number of aliphatic hydroxyl groups excluding tert-OH is 1. The minimum atomic E-state index is -0.548. The van der Waals surface area contributed by atoms with Crippen LogP contribution in [0.1, 0.15) is 24.2 Å². The van der Waals surface area contributed by atoms with Gasteiger partial charge in [0, 0.05) is 10.0 Å². The Hall–Kier alpha value is -1.39. The highest BCUT2D eigenvalue weighted by atomic mass is 79.9. The van der Waals surface area contributed by atoms with Gasteiger partial charge in [-0.2, -0.15) is 0 Å². The van der Waals surface area contributed by atoms with Crippen molar-refractivity contribution in [3.8, 4) is 5.75 Å². The van der Waals surface area contributed by atoms with Gasteiger partial charge in [-0.3, -0.25) is 0 Å². The van der Waals surface area contributed by atoms with Crippen LogP contribution in [0, 0.1) is 5.82 Å². The Labute approximate surface area is 120 Å². The first-order valence-corrected chi connectivity index (χ1v) is 6.70. The zero-order chi connectivity index (χ0) is 13.8. The molecule has 0 spiro atoms. The predicted molar refractivity (Wildman–Crippen MR) is 75.5 cm³/mol. The van der Waals surface area contributed by atoms with Crippen molar-refractivity contribution in [2.75, 3.05) is 0 Å². The number of ether oxygens (including phenoxy) is 1. The lowest BCUT2D eigenvalue weighted by Gasteiger charge is -2.10. The predicted octanol–water partition coefficient (Wildman–Crippen LogP) is 4.22. The highest BCUT2D eigenvalue weighted by Crippen LogP contribution is 2.21. The fraction of sp³-hybridized carbons (Fsp3) is 0.200. The third-order valence-corrected chi connectivity index (χ3v) is 3.24. The smallest absolute Gasteiger partial charge is 0.130 e. The molecule has 0 aliphatic rings. The Morgan fingerprint density at radius 1 is 1.26 bits per heavy atom. The molecule has 19 heavy (non-hydrogen) atoms. The van der Waals surface area contributed by atoms with E-state index < -0.39 is 6.10 Å². The van der Waals surface area contributed by atoms with Crippen molar-refractivity contribution < 1.29 is 14.2 Å². The van der Waals surface area contributed by atoms with E-state index in [2.05, 4.69) is 15.9 Å². The molecule has 2 aromatic rings. The fourth-order valence-electron chi connectivity index (χ4n) is 1.66. The monoisotopic (exact) mass is 324 g/mol. The molecule has 0 saturated heterocycles. The van der Waals surface area contributed by atoms with Gasteiger partial charge in [0.05, 0.1) is 6.10 Å². The van der Waals surface area contributed by atoms with E-state index in [0.717, 1.165) is 5.56 Å². The Morgan fingerprint density at radius 3 is 2.74 bits per heavy atom. The van der Waals surface area contributed by atoms with Crippen LogP contribution in [0.3, 0.4) is 0 Å². The molecular weight excluding hydrogens is 311 g/mol. The topological polar surface area (TPSA) is 29.5 Å². The molecule has 2 rings (SSSR count). The van der Waals surface area contributed by atoms with Crippen molar-refractivity contribution in [1.82, 2.24) is 0 Å². The Kier molecular flexibility index (Phi) is 4.56. The number of rotatable bonds is 4. The van der Waals surface area contributed by atoms with E-state index in [9.17, 15) is 9.50 Å². The van der Waals surface area contributed by atoms with Gasteiger partial charge in [0.2, 0.25) is 0 Å². The molecule has 0 aliphatic heterocycles. The van der Waals surface area contributed by atoms with Gasteiger partial charge in [-0.1, -0.05) is 34.1 Å². The van der Waals surface area contributed by atoms with E-state index >= 15 is 0 Å². The summed E-state index contributed by atoms with van der Waals surface area (Å²) in [5, 5.41) is 9.49. The van der Waals surface area contributed by atoms with Crippen LogP contribution in [0.5, 0.6) is 5.75 Å². The van der Waals surface area contributed by atoms with Gasteiger partial charge in [-0.25, -0.2) is 4.39 Å². The first-order chi connectivity index (χ1) is 9.06. The van der Waals surface area contributed by atoms with Gasteiger partial charge in [0.1, 0.15) is 18.2 Å². The lowest BCUT2D eigenvalue weighted by molar-refractivity contribution is 0.198. The average molecular weight is 325 g/mol. The lowest BCUT2D eigenvalue weighted by Crippen LogP contribution is -1.99. The van der Waals surface area contributed by atoms with E-state index in [4.69, 9.17) is 4.74 Å². The molecule has 0 fully saturated rings. The summed E-state index contributed by atoms with van der Waals surface area (Å²) in [5.41, 5.74) is 1.26. The molecule has 0 saturated carbocycles. The average Bonchev–Trinajstić information content (AvgIpc) is 2.38. The molecule has 100 valence electrons. The summed E-state index contributed by atoms with van der Waals surface area (Å²) in [6.07, 6.45) is -0.548. The van der Waals surface area contributed by atoms with Crippen molar-refractivity contribution >= 4 is 15.9 Å². The molecule has 2 aromatic carbocycles. The van der Waals surface area contributed by atoms with Crippen LogP contribution >= 0.6 is 15.9 Å². The summed E-state index contributed by atoms with van der Waals surface area (Å²) in [6, 6.07) is 12.0. The summed E-state index contributed by atoms with van der Waals surface area (Å²) in [5.74, 6) is 0.307. The molecule has 1 N–H and O–H groups in total. The SMILES string of the molecule is C[C@@H](O)c1cccc(OCc2ccc(Br)cc2F)c1. The third-order valence-electron chi connectivity index (χ3n) is 2.75. The summed E-state index contributed by atoms with van der Waals surface area (Å²) in [4.78, 5) is 0. The Morgan fingerprint density at radius 2 is 2.05 bits per heavy atom. The van der Waals surface area contributed by atoms with Gasteiger partial charge >= 0.3 is 0 Å². The molecule has 4 heteroatoms. The van der Waals surface area contributed by atoms with Crippen molar-refractivity contribution in [3.05, 3.63) is 63.9 Å². The largest absolute Gasteiger partial charge is 0.489 e. The van der Waals surface area contributed by atoms with Crippen LogP contribution in [0.2, 0.25) is 0 Å². The van der Waals surface area contributed by atoms with Crippen LogP contribution in [-0.2, 0) is 6.61 Å². The second kappa shape index (κ2) is 6.17. The maximum Gasteiger partial charge on any atom is 0.130 e. The highest BCUT2D eigenvalue weighted by Gasteiger charge is 2.05. The lowest BCUT2D eigenvalue weighted by atomic mass is 10.1. The van der Waals surface area contributed by atoms with Crippen molar-refractivity contribution in [2.24, 2.45) is 0 Å². The molecule has 0 heterocycles. The first-order valence-electron chi connectivity index (χ1n) is 5.91. The zero-order valence-corrected chi connectivity index (χ0v) is 12.0. The zero-order valence-electron chi connectivity index (χ0n) is 10.4. The first kappa shape index (κ1) is 14.0. The molecule has 0 radical (unpaired) electrons. The van der Waals surface area contributed by atoms with Crippen LogP contribution < -0.4 is 4.74 Å². The van der Waals surface area contributed by atoms with E-state index in [1.807, 2.05) is 6.07 Å². The highest BCUT2D eigenvalue weighted by molar-refractivity contribution is 9.10. The Balaban J connectivity index is 2.08. The van der Waals surface area contributed by atoms with E-state index in [0.29, 0.717) is 15.8 Å². The molecule has 0 aromatic heterocycles. The van der Waals surface area contributed by atoms with Crippen molar-refractivity contribution in [2.45, 2.75) is 19.6 Å². The standard InChI is InChI=1S/C15H14BrFO2/c1-10(18)11-3-2-4-14(7-11)19-9-12-5-6-13(16)8-15(12)17/h2-8,10,18H,9H2,1H3/t10-/m1/s1.